The standard InChI is InChI=1S/C67H44N2O/c1-67(2)57-24-12-10-18-48(57)52-33-29-45-36-42-28-32-47(37-46(42)39-55(45)65(52)67)68-58-25-13-11-19-49(58)56-38-43(30-34-59(56)68)44-31-35-61-63(40-44)70-62-27-15-14-26-60(62)69(61)66-53-22-8-6-20-50(53)64(41-16-4-3-5-17-41)51-21-7-9-23-54(51)66/h3-40H,1-2H3. The van der Waals surface area contributed by atoms with Crippen molar-refractivity contribution in [2.45, 2.75) is 19.3 Å². The van der Waals surface area contributed by atoms with Crippen molar-refractivity contribution >= 4 is 82.0 Å². The maximum atomic E-state index is 6.90. The van der Waals surface area contributed by atoms with E-state index >= 15 is 0 Å². The largest absolute Gasteiger partial charge is 0.453 e. The molecule has 12 aromatic carbocycles. The summed E-state index contributed by atoms with van der Waals surface area (Å²) >= 11 is 0. The summed E-state index contributed by atoms with van der Waals surface area (Å²) in [4.78, 5) is 2.42. The van der Waals surface area contributed by atoms with E-state index in [0.717, 1.165) is 45.4 Å². The lowest BCUT2D eigenvalue weighted by Gasteiger charge is -2.35. The summed E-state index contributed by atoms with van der Waals surface area (Å²) in [6.07, 6.45) is 0. The van der Waals surface area contributed by atoms with Crippen LogP contribution in [0.25, 0.3) is 104 Å². The van der Waals surface area contributed by atoms with E-state index in [1.165, 1.54) is 98.3 Å². The van der Waals surface area contributed by atoms with Crippen LogP contribution < -0.4 is 9.64 Å². The van der Waals surface area contributed by atoms with E-state index in [-0.39, 0.29) is 5.41 Å². The van der Waals surface area contributed by atoms with Gasteiger partial charge in [0.25, 0.3) is 0 Å². The van der Waals surface area contributed by atoms with Crippen LogP contribution in [-0.2, 0) is 5.41 Å². The van der Waals surface area contributed by atoms with Crippen molar-refractivity contribution in [1.82, 2.24) is 4.57 Å². The first-order valence-corrected chi connectivity index (χ1v) is 24.3. The van der Waals surface area contributed by atoms with Crippen LogP contribution in [0.4, 0.5) is 17.1 Å². The van der Waals surface area contributed by atoms with Gasteiger partial charge in [-0.3, -0.25) is 0 Å². The molecule has 0 amide bonds. The molecule has 0 radical (unpaired) electrons. The zero-order valence-electron chi connectivity index (χ0n) is 38.7. The molecule has 70 heavy (non-hydrogen) atoms. The molecule has 3 heteroatoms. The molecule has 0 fully saturated rings. The molecule has 328 valence electrons. The summed E-state index contributed by atoms with van der Waals surface area (Å²) in [6.45, 7) is 4.76. The molecule has 13 aromatic rings. The molecular weight excluding hydrogens is 849 g/mol. The maximum Gasteiger partial charge on any atom is 0.152 e. The molecule has 1 aliphatic heterocycles. The van der Waals surface area contributed by atoms with Crippen LogP contribution >= 0.6 is 0 Å². The predicted molar refractivity (Wildman–Crippen MR) is 294 cm³/mol. The van der Waals surface area contributed by atoms with E-state index in [1.54, 1.807) is 0 Å². The SMILES string of the molecule is CC1(C)c2ccccc2-c2ccc3cc4ccc(-n5c6ccccc6c6cc(-c7ccc8c(c7)Oc7ccccc7N8c7c8ccccc8c(-c8ccccc8)c8ccccc78)ccc65)cc4cc3c21. The molecule has 0 atom stereocenters. The molecular formula is C67H44N2O. The van der Waals surface area contributed by atoms with Crippen molar-refractivity contribution in [3.63, 3.8) is 0 Å². The van der Waals surface area contributed by atoms with Gasteiger partial charge in [0.15, 0.2) is 11.5 Å². The number of nitrogens with zero attached hydrogens (tertiary/aromatic N) is 2. The number of rotatable bonds is 4. The lowest BCUT2D eigenvalue weighted by molar-refractivity contribution is 0.477. The summed E-state index contributed by atoms with van der Waals surface area (Å²) in [5, 5.41) is 12.3. The van der Waals surface area contributed by atoms with Crippen molar-refractivity contribution in [2.75, 3.05) is 4.90 Å². The average Bonchev–Trinajstić information content (AvgIpc) is 3.87. The van der Waals surface area contributed by atoms with Crippen LogP contribution in [-0.4, -0.2) is 4.57 Å². The van der Waals surface area contributed by atoms with E-state index in [9.17, 15) is 0 Å². The maximum absolute atomic E-state index is 6.90. The summed E-state index contributed by atoms with van der Waals surface area (Å²) in [5.74, 6) is 1.65. The molecule has 2 aliphatic rings. The van der Waals surface area contributed by atoms with Gasteiger partial charge in [-0.1, -0.05) is 178 Å². The number of benzene rings is 12. The Morgan fingerprint density at radius 1 is 0.371 bits per heavy atom. The minimum atomic E-state index is -0.0891. The third kappa shape index (κ3) is 5.52. The Kier molecular flexibility index (Phi) is 8.13. The number of ether oxygens (including phenoxy) is 1. The van der Waals surface area contributed by atoms with Crippen LogP contribution in [0.5, 0.6) is 11.5 Å². The molecule has 2 heterocycles. The number of para-hydroxylation sites is 3. The predicted octanol–water partition coefficient (Wildman–Crippen LogP) is 18.6. The van der Waals surface area contributed by atoms with Gasteiger partial charge >= 0.3 is 0 Å². The highest BCUT2D eigenvalue weighted by molar-refractivity contribution is 6.23. The highest BCUT2D eigenvalue weighted by Gasteiger charge is 2.37. The second-order valence-corrected chi connectivity index (χ2v) is 19.6. The first-order chi connectivity index (χ1) is 34.5. The third-order valence-electron chi connectivity index (χ3n) is 15.5. The lowest BCUT2D eigenvalue weighted by Crippen LogP contribution is -2.16. The Hall–Kier alpha value is -8.92. The molecule has 0 N–H and O–H groups in total. The Balaban J connectivity index is 0.870. The fourth-order valence-electron chi connectivity index (χ4n) is 12.4. The monoisotopic (exact) mass is 892 g/mol. The normalized spacial score (nSPS) is 13.5. The molecule has 0 saturated heterocycles. The molecule has 0 unspecified atom stereocenters. The van der Waals surface area contributed by atoms with Crippen molar-refractivity contribution in [3.8, 4) is 50.6 Å². The third-order valence-corrected chi connectivity index (χ3v) is 15.5. The molecule has 3 nitrogen and oxygen atoms in total. The van der Waals surface area contributed by atoms with Gasteiger partial charge in [-0.05, 0) is 144 Å². The number of fused-ring (bicyclic) bond motifs is 13. The van der Waals surface area contributed by atoms with Gasteiger partial charge < -0.3 is 14.2 Å². The highest BCUT2D eigenvalue weighted by atomic mass is 16.5. The smallest absolute Gasteiger partial charge is 0.152 e. The quantitative estimate of drug-likeness (QED) is 0.164. The van der Waals surface area contributed by atoms with E-state index in [0.29, 0.717) is 0 Å². The van der Waals surface area contributed by atoms with Gasteiger partial charge in [0.2, 0.25) is 0 Å². The molecule has 0 saturated carbocycles. The van der Waals surface area contributed by atoms with E-state index in [1.807, 2.05) is 0 Å². The molecule has 1 aliphatic carbocycles. The average molecular weight is 893 g/mol. The molecule has 1 aromatic heterocycles. The van der Waals surface area contributed by atoms with Gasteiger partial charge in [0.1, 0.15) is 0 Å². The van der Waals surface area contributed by atoms with Gasteiger partial charge in [-0.25, -0.2) is 0 Å². The van der Waals surface area contributed by atoms with Crippen molar-refractivity contribution in [1.29, 1.82) is 0 Å². The van der Waals surface area contributed by atoms with Crippen LogP contribution in [0.1, 0.15) is 25.0 Å². The number of aromatic nitrogens is 1. The molecule has 0 spiro atoms. The number of anilines is 3. The minimum absolute atomic E-state index is 0.0891. The Morgan fingerprint density at radius 2 is 1.01 bits per heavy atom. The van der Waals surface area contributed by atoms with Crippen molar-refractivity contribution in [3.05, 3.63) is 242 Å². The zero-order chi connectivity index (χ0) is 46.2. The summed E-state index contributed by atoms with van der Waals surface area (Å²) in [5.41, 5.74) is 16.8. The second kappa shape index (κ2) is 14.5. The Labute approximate surface area is 405 Å². The van der Waals surface area contributed by atoms with E-state index in [2.05, 4.69) is 254 Å². The Bertz CT molecular complexity index is 4310. The Morgan fingerprint density at radius 3 is 1.84 bits per heavy atom. The van der Waals surface area contributed by atoms with Crippen LogP contribution in [0, 0.1) is 0 Å². The van der Waals surface area contributed by atoms with Crippen molar-refractivity contribution in [2.24, 2.45) is 0 Å². The number of hydrogen-bond acceptors (Lipinski definition) is 2. The van der Waals surface area contributed by atoms with Crippen molar-refractivity contribution < 1.29 is 4.74 Å². The first-order valence-electron chi connectivity index (χ1n) is 24.3. The fraction of sp³-hybridized carbons (Fsp3) is 0.0448. The van der Waals surface area contributed by atoms with E-state index in [4.69, 9.17) is 4.74 Å². The first kappa shape index (κ1) is 39.1. The summed E-state index contributed by atoms with van der Waals surface area (Å²) < 4.78 is 9.34. The molecule has 15 rings (SSSR count). The zero-order valence-corrected chi connectivity index (χ0v) is 38.7. The highest BCUT2D eigenvalue weighted by Crippen LogP contribution is 2.56. The van der Waals surface area contributed by atoms with Crippen LogP contribution in [0.15, 0.2) is 231 Å². The topological polar surface area (TPSA) is 17.4 Å². The molecule has 0 bridgehead atoms. The van der Waals surface area contributed by atoms with E-state index < -0.39 is 0 Å². The lowest BCUT2D eigenvalue weighted by atomic mass is 9.80. The van der Waals surface area contributed by atoms with Gasteiger partial charge in [-0.2, -0.15) is 0 Å². The van der Waals surface area contributed by atoms with Gasteiger partial charge in [0, 0.05) is 32.6 Å². The van der Waals surface area contributed by atoms with Gasteiger partial charge in [0.05, 0.1) is 28.1 Å². The summed E-state index contributed by atoms with van der Waals surface area (Å²) in [7, 11) is 0. The number of hydrogen-bond donors (Lipinski definition) is 0. The minimum Gasteiger partial charge on any atom is -0.453 e. The summed E-state index contributed by atoms with van der Waals surface area (Å²) in [6, 6.07) is 84.8. The fourth-order valence-corrected chi connectivity index (χ4v) is 12.4. The van der Waals surface area contributed by atoms with Crippen LogP contribution in [0.3, 0.4) is 0 Å². The van der Waals surface area contributed by atoms with Gasteiger partial charge in [-0.15, -0.1) is 0 Å². The van der Waals surface area contributed by atoms with Crippen LogP contribution in [0.2, 0.25) is 0 Å². The second-order valence-electron chi connectivity index (χ2n) is 19.6.